The van der Waals surface area contributed by atoms with Gasteiger partial charge in [0.15, 0.2) is 0 Å². The van der Waals surface area contributed by atoms with E-state index in [2.05, 4.69) is 5.32 Å². The SMILES string of the molecule is COc1ccc2c(c1)[C@H](C(=O)N1CCCNCC1)[C@@H](C)N2S(=O)(=O)c1ccc(OC)c(C)c1C. The Kier molecular flexibility index (Phi) is 6.78. The molecule has 1 N–H and O–H groups in total. The lowest BCUT2D eigenvalue weighted by Crippen LogP contribution is -2.44. The van der Waals surface area contributed by atoms with E-state index in [1.54, 1.807) is 51.5 Å². The molecule has 2 heterocycles. The van der Waals surface area contributed by atoms with Crippen LogP contribution in [0.25, 0.3) is 0 Å². The van der Waals surface area contributed by atoms with E-state index in [1.165, 1.54) is 4.31 Å². The average Bonchev–Trinajstić information content (AvgIpc) is 2.96. The number of hydrogen-bond acceptors (Lipinski definition) is 6. The number of carbonyl (C=O) groups is 1. The van der Waals surface area contributed by atoms with Crippen molar-refractivity contribution in [2.45, 2.75) is 44.0 Å². The number of anilines is 1. The zero-order valence-corrected chi connectivity index (χ0v) is 21.2. The van der Waals surface area contributed by atoms with Gasteiger partial charge < -0.3 is 19.7 Å². The molecule has 0 aromatic heterocycles. The largest absolute Gasteiger partial charge is 0.497 e. The highest BCUT2D eigenvalue weighted by molar-refractivity contribution is 7.93. The Morgan fingerprint density at radius 1 is 1.03 bits per heavy atom. The Bertz CT molecular complexity index is 1190. The fourth-order valence-electron chi connectivity index (χ4n) is 5.05. The number of nitrogens with one attached hydrogen (secondary N) is 1. The van der Waals surface area contributed by atoms with Crippen molar-refractivity contribution in [1.82, 2.24) is 10.2 Å². The van der Waals surface area contributed by atoms with Crippen LogP contribution in [0.15, 0.2) is 35.2 Å². The molecule has 0 bridgehead atoms. The van der Waals surface area contributed by atoms with Gasteiger partial charge in [0.1, 0.15) is 11.5 Å². The molecular formula is C25H33N3O5S. The standard InChI is InChI=1S/C25H33N3O5S/c1-16-17(2)23(10-9-22(16)33-5)34(30,31)28-18(3)24(20-15-19(32-4)7-8-21(20)28)25(29)27-13-6-11-26-12-14-27/h7-10,15,18,24,26H,6,11-14H2,1-5H3/t18-,24-/m1/s1. The fraction of sp³-hybridized carbons (Fsp3) is 0.480. The van der Waals surface area contributed by atoms with Crippen LogP contribution >= 0.6 is 0 Å². The highest BCUT2D eigenvalue weighted by atomic mass is 32.2. The third-order valence-electron chi connectivity index (χ3n) is 7.02. The van der Waals surface area contributed by atoms with Crippen LogP contribution in [0, 0.1) is 13.8 Å². The number of sulfonamides is 1. The van der Waals surface area contributed by atoms with Crippen molar-refractivity contribution in [2.24, 2.45) is 0 Å². The molecule has 0 unspecified atom stereocenters. The second kappa shape index (κ2) is 9.46. The normalized spacial score (nSPS) is 20.6. The minimum atomic E-state index is -3.95. The summed E-state index contributed by atoms with van der Waals surface area (Å²) < 4.78 is 40.3. The summed E-state index contributed by atoms with van der Waals surface area (Å²) in [7, 11) is -0.818. The topological polar surface area (TPSA) is 88.2 Å². The summed E-state index contributed by atoms with van der Waals surface area (Å²) in [4.78, 5) is 15.8. The van der Waals surface area contributed by atoms with Crippen LogP contribution in [-0.4, -0.2) is 65.7 Å². The molecule has 1 fully saturated rings. The van der Waals surface area contributed by atoms with Gasteiger partial charge in [-0.15, -0.1) is 0 Å². The van der Waals surface area contributed by atoms with Gasteiger partial charge >= 0.3 is 0 Å². The predicted octanol–water partition coefficient (Wildman–Crippen LogP) is 2.82. The van der Waals surface area contributed by atoms with Crippen LogP contribution in [0.3, 0.4) is 0 Å². The Morgan fingerprint density at radius 2 is 1.79 bits per heavy atom. The molecule has 2 atom stereocenters. The first-order valence-electron chi connectivity index (χ1n) is 11.6. The third kappa shape index (κ3) is 4.01. The lowest BCUT2D eigenvalue weighted by molar-refractivity contribution is -0.132. The van der Waals surface area contributed by atoms with E-state index in [9.17, 15) is 13.2 Å². The van der Waals surface area contributed by atoms with Gasteiger partial charge in [0.25, 0.3) is 10.0 Å². The molecule has 4 rings (SSSR count). The first-order valence-corrected chi connectivity index (χ1v) is 13.0. The van der Waals surface area contributed by atoms with Gasteiger partial charge in [0.2, 0.25) is 5.91 Å². The first kappa shape index (κ1) is 24.3. The summed E-state index contributed by atoms with van der Waals surface area (Å²) in [6.07, 6.45) is 0.865. The molecule has 0 aliphatic carbocycles. The van der Waals surface area contributed by atoms with Crippen molar-refractivity contribution in [3.63, 3.8) is 0 Å². The van der Waals surface area contributed by atoms with Crippen LogP contribution in [-0.2, 0) is 14.8 Å². The molecule has 9 heteroatoms. The highest BCUT2D eigenvalue weighted by Crippen LogP contribution is 2.47. The molecule has 0 spiro atoms. The molecule has 1 amide bonds. The Balaban J connectivity index is 1.82. The van der Waals surface area contributed by atoms with E-state index in [0.29, 0.717) is 41.4 Å². The van der Waals surface area contributed by atoms with Gasteiger partial charge in [-0.05, 0) is 80.8 Å². The van der Waals surface area contributed by atoms with Crippen molar-refractivity contribution >= 4 is 21.6 Å². The molecule has 8 nitrogen and oxygen atoms in total. The van der Waals surface area contributed by atoms with Crippen LogP contribution in [0.5, 0.6) is 11.5 Å². The monoisotopic (exact) mass is 487 g/mol. The average molecular weight is 488 g/mol. The zero-order valence-electron chi connectivity index (χ0n) is 20.4. The number of amides is 1. The summed E-state index contributed by atoms with van der Waals surface area (Å²) in [6, 6.07) is 7.96. The molecule has 0 saturated carbocycles. The number of methoxy groups -OCH3 is 2. The summed E-state index contributed by atoms with van der Waals surface area (Å²) in [5, 5.41) is 3.32. The van der Waals surface area contributed by atoms with Crippen molar-refractivity contribution in [3.8, 4) is 11.5 Å². The fourth-order valence-corrected chi connectivity index (χ4v) is 7.03. The third-order valence-corrected chi connectivity index (χ3v) is 9.07. The van der Waals surface area contributed by atoms with Gasteiger partial charge in [-0.25, -0.2) is 8.42 Å². The smallest absolute Gasteiger partial charge is 0.264 e. The molecule has 34 heavy (non-hydrogen) atoms. The lowest BCUT2D eigenvalue weighted by atomic mass is 9.94. The Morgan fingerprint density at radius 3 is 2.50 bits per heavy atom. The zero-order chi connectivity index (χ0) is 24.6. The van der Waals surface area contributed by atoms with Crippen molar-refractivity contribution < 1.29 is 22.7 Å². The van der Waals surface area contributed by atoms with Crippen LogP contribution in [0.1, 0.15) is 36.0 Å². The van der Waals surface area contributed by atoms with E-state index in [-0.39, 0.29) is 10.8 Å². The maximum absolute atomic E-state index is 14.1. The molecular weight excluding hydrogens is 454 g/mol. The molecule has 2 aliphatic heterocycles. The minimum Gasteiger partial charge on any atom is -0.497 e. The number of carbonyl (C=O) groups excluding carboxylic acids is 1. The van der Waals surface area contributed by atoms with Crippen molar-refractivity contribution in [1.29, 1.82) is 0 Å². The number of hydrogen-bond donors (Lipinski definition) is 1. The lowest BCUT2D eigenvalue weighted by Gasteiger charge is -2.30. The Labute approximate surface area is 201 Å². The van der Waals surface area contributed by atoms with Crippen LogP contribution in [0.4, 0.5) is 5.69 Å². The van der Waals surface area contributed by atoms with E-state index >= 15 is 0 Å². The van der Waals surface area contributed by atoms with Gasteiger partial charge in [-0.3, -0.25) is 9.10 Å². The molecule has 0 radical (unpaired) electrons. The molecule has 2 aliphatic rings. The van der Waals surface area contributed by atoms with Crippen LogP contribution in [0.2, 0.25) is 0 Å². The van der Waals surface area contributed by atoms with Crippen molar-refractivity contribution in [2.75, 3.05) is 44.7 Å². The number of nitrogens with zero attached hydrogens (tertiary/aromatic N) is 2. The van der Waals surface area contributed by atoms with E-state index in [0.717, 1.165) is 25.1 Å². The molecule has 1 saturated heterocycles. The maximum atomic E-state index is 14.1. The van der Waals surface area contributed by atoms with E-state index < -0.39 is 22.0 Å². The molecule has 2 aromatic rings. The second-order valence-electron chi connectivity index (χ2n) is 8.89. The number of benzene rings is 2. The second-order valence-corrected chi connectivity index (χ2v) is 10.7. The first-order chi connectivity index (χ1) is 16.2. The van der Waals surface area contributed by atoms with E-state index in [1.807, 2.05) is 18.7 Å². The highest BCUT2D eigenvalue weighted by Gasteiger charge is 2.47. The number of rotatable bonds is 5. The maximum Gasteiger partial charge on any atom is 0.264 e. The predicted molar refractivity (Wildman–Crippen MR) is 131 cm³/mol. The van der Waals surface area contributed by atoms with Gasteiger partial charge in [0.05, 0.1) is 36.8 Å². The Hall–Kier alpha value is -2.78. The van der Waals surface area contributed by atoms with Gasteiger partial charge in [-0.1, -0.05) is 0 Å². The number of fused-ring (bicyclic) bond motifs is 1. The summed E-state index contributed by atoms with van der Waals surface area (Å²) in [5.41, 5.74) is 2.61. The van der Waals surface area contributed by atoms with Crippen LogP contribution < -0.4 is 19.1 Å². The summed E-state index contributed by atoms with van der Waals surface area (Å²) in [5.74, 6) is 0.569. The van der Waals surface area contributed by atoms with Gasteiger partial charge in [-0.2, -0.15) is 0 Å². The number of ether oxygens (including phenoxy) is 2. The summed E-state index contributed by atoms with van der Waals surface area (Å²) in [6.45, 7) is 8.29. The molecule has 184 valence electrons. The quantitative estimate of drug-likeness (QED) is 0.698. The summed E-state index contributed by atoms with van der Waals surface area (Å²) >= 11 is 0. The van der Waals surface area contributed by atoms with Crippen molar-refractivity contribution in [3.05, 3.63) is 47.0 Å². The molecule has 2 aromatic carbocycles. The van der Waals surface area contributed by atoms with E-state index in [4.69, 9.17) is 9.47 Å². The van der Waals surface area contributed by atoms with Gasteiger partial charge in [0, 0.05) is 19.6 Å². The minimum absolute atomic E-state index is 0.0500.